The Morgan fingerprint density at radius 1 is 1.38 bits per heavy atom. The quantitative estimate of drug-likeness (QED) is 0.883. The second-order valence-corrected chi connectivity index (χ2v) is 4.99. The topological polar surface area (TPSA) is 72.3 Å². The minimum absolute atomic E-state index is 0.118. The summed E-state index contributed by atoms with van der Waals surface area (Å²) in [6.07, 6.45) is 1.75. The molecule has 2 aromatic heterocycles. The number of hydrogen-bond donors (Lipinski definition) is 1. The molecule has 0 aromatic carbocycles. The maximum absolute atomic E-state index is 12.0. The van der Waals surface area contributed by atoms with E-state index in [4.69, 9.17) is 4.74 Å². The van der Waals surface area contributed by atoms with Crippen LogP contribution < -0.4 is 15.0 Å². The predicted molar refractivity (Wildman–Crippen MR) is 77.5 cm³/mol. The summed E-state index contributed by atoms with van der Waals surface area (Å²) in [6.45, 7) is 1.47. The van der Waals surface area contributed by atoms with Crippen molar-refractivity contribution in [3.8, 4) is 5.88 Å². The smallest absolute Gasteiger partial charge is 0.272 e. The number of rotatable bonds is 4. The highest BCUT2D eigenvalue weighted by Gasteiger charge is 2.29. The van der Waals surface area contributed by atoms with Gasteiger partial charge in [-0.05, 0) is 12.1 Å². The van der Waals surface area contributed by atoms with Crippen molar-refractivity contribution >= 4 is 11.7 Å². The molecule has 2 aromatic rings. The molecule has 0 unspecified atom stereocenters. The molecule has 21 heavy (non-hydrogen) atoms. The van der Waals surface area contributed by atoms with Gasteiger partial charge < -0.3 is 15.0 Å². The van der Waals surface area contributed by atoms with Crippen LogP contribution in [0.4, 0.5) is 5.82 Å². The Morgan fingerprint density at radius 2 is 2.19 bits per heavy atom. The van der Waals surface area contributed by atoms with E-state index in [0.717, 1.165) is 18.9 Å². The first-order valence-electron chi connectivity index (χ1n) is 6.72. The van der Waals surface area contributed by atoms with Crippen LogP contribution in [-0.4, -0.2) is 46.9 Å². The summed E-state index contributed by atoms with van der Waals surface area (Å²) in [5, 5.41) is 7.04. The Kier molecular flexibility index (Phi) is 3.47. The normalized spacial score (nSPS) is 14.7. The zero-order chi connectivity index (χ0) is 14.8. The minimum Gasteiger partial charge on any atom is -0.481 e. The van der Waals surface area contributed by atoms with Crippen molar-refractivity contribution in [3.63, 3.8) is 0 Å². The van der Waals surface area contributed by atoms with Gasteiger partial charge in [-0.3, -0.25) is 9.48 Å². The van der Waals surface area contributed by atoms with Crippen LogP contribution >= 0.6 is 0 Å². The van der Waals surface area contributed by atoms with E-state index in [2.05, 4.69) is 20.3 Å². The predicted octanol–water partition coefficient (Wildman–Crippen LogP) is 0.442. The number of aromatic nitrogens is 3. The van der Waals surface area contributed by atoms with Crippen molar-refractivity contribution < 1.29 is 9.53 Å². The molecule has 110 valence electrons. The molecule has 0 radical (unpaired) electrons. The van der Waals surface area contributed by atoms with Crippen LogP contribution in [0.3, 0.4) is 0 Å². The molecule has 1 aliphatic rings. The van der Waals surface area contributed by atoms with E-state index in [9.17, 15) is 4.79 Å². The summed E-state index contributed by atoms with van der Waals surface area (Å²) in [5.41, 5.74) is 0.440. The number of methoxy groups -OCH3 is 1. The summed E-state index contributed by atoms with van der Waals surface area (Å²) < 4.78 is 6.72. The van der Waals surface area contributed by atoms with Gasteiger partial charge in [-0.1, -0.05) is 6.07 Å². The fourth-order valence-corrected chi connectivity index (χ4v) is 2.25. The van der Waals surface area contributed by atoms with Crippen molar-refractivity contribution in [2.24, 2.45) is 7.05 Å². The maximum Gasteiger partial charge on any atom is 0.272 e. The summed E-state index contributed by atoms with van der Waals surface area (Å²) >= 11 is 0. The number of ether oxygens (including phenoxy) is 1. The standard InChI is InChI=1S/C14H17N5O2/c1-18-7-6-11(17-18)14(20)15-10-8-19(9-10)12-4-3-5-13(16-12)21-2/h3-7,10H,8-9H2,1-2H3,(H,15,20). The molecule has 0 saturated carbocycles. The summed E-state index contributed by atoms with van der Waals surface area (Å²) in [5.74, 6) is 1.31. The van der Waals surface area contributed by atoms with E-state index >= 15 is 0 Å². The van der Waals surface area contributed by atoms with Gasteiger partial charge in [0.15, 0.2) is 0 Å². The van der Waals surface area contributed by atoms with E-state index in [1.807, 2.05) is 18.2 Å². The molecular formula is C14H17N5O2. The molecule has 0 spiro atoms. The first-order chi connectivity index (χ1) is 10.2. The van der Waals surface area contributed by atoms with E-state index in [1.54, 1.807) is 31.1 Å². The highest BCUT2D eigenvalue weighted by Crippen LogP contribution is 2.21. The van der Waals surface area contributed by atoms with E-state index < -0.39 is 0 Å². The SMILES string of the molecule is COc1cccc(N2CC(NC(=O)c3ccn(C)n3)C2)n1. The second kappa shape index (κ2) is 5.43. The van der Waals surface area contributed by atoms with Gasteiger partial charge in [-0.15, -0.1) is 0 Å². The minimum atomic E-state index is -0.140. The molecule has 1 aliphatic heterocycles. The van der Waals surface area contributed by atoms with Gasteiger partial charge in [0.05, 0.1) is 13.2 Å². The summed E-state index contributed by atoms with van der Waals surface area (Å²) in [4.78, 5) is 18.4. The average molecular weight is 287 g/mol. The number of hydrogen-bond acceptors (Lipinski definition) is 5. The summed E-state index contributed by atoms with van der Waals surface area (Å²) in [7, 11) is 3.38. The number of carbonyl (C=O) groups excluding carboxylic acids is 1. The zero-order valence-corrected chi connectivity index (χ0v) is 12.0. The van der Waals surface area contributed by atoms with Crippen molar-refractivity contribution in [2.45, 2.75) is 6.04 Å². The van der Waals surface area contributed by atoms with Gasteiger partial charge in [-0.2, -0.15) is 10.1 Å². The first kappa shape index (κ1) is 13.4. The highest BCUT2D eigenvalue weighted by atomic mass is 16.5. The maximum atomic E-state index is 12.0. The first-order valence-corrected chi connectivity index (χ1v) is 6.72. The van der Waals surface area contributed by atoms with E-state index in [0.29, 0.717) is 11.6 Å². The Labute approximate surface area is 122 Å². The van der Waals surface area contributed by atoms with Crippen molar-refractivity contribution in [1.82, 2.24) is 20.1 Å². The lowest BCUT2D eigenvalue weighted by Gasteiger charge is -2.40. The molecule has 0 bridgehead atoms. The number of nitrogens with zero attached hydrogens (tertiary/aromatic N) is 4. The number of aryl methyl sites for hydroxylation is 1. The summed E-state index contributed by atoms with van der Waals surface area (Å²) in [6, 6.07) is 7.46. The molecule has 1 amide bonds. The zero-order valence-electron chi connectivity index (χ0n) is 12.0. The fourth-order valence-electron chi connectivity index (χ4n) is 2.25. The lowest BCUT2D eigenvalue weighted by atomic mass is 10.1. The van der Waals surface area contributed by atoms with Crippen LogP contribution in [0.25, 0.3) is 0 Å². The molecule has 3 rings (SSSR count). The molecule has 1 fully saturated rings. The average Bonchev–Trinajstić information content (AvgIpc) is 2.89. The van der Waals surface area contributed by atoms with Gasteiger partial charge in [0, 0.05) is 32.4 Å². The van der Waals surface area contributed by atoms with Gasteiger partial charge in [0.1, 0.15) is 11.5 Å². The molecule has 0 atom stereocenters. The number of anilines is 1. The fraction of sp³-hybridized carbons (Fsp3) is 0.357. The van der Waals surface area contributed by atoms with Gasteiger partial charge in [0.2, 0.25) is 5.88 Å². The number of carbonyl (C=O) groups is 1. The van der Waals surface area contributed by atoms with Crippen LogP contribution in [0.5, 0.6) is 5.88 Å². The lowest BCUT2D eigenvalue weighted by molar-refractivity contribution is 0.0924. The second-order valence-electron chi connectivity index (χ2n) is 4.99. The Bertz CT molecular complexity index is 648. The Morgan fingerprint density at radius 3 is 2.86 bits per heavy atom. The van der Waals surface area contributed by atoms with Crippen LogP contribution in [0, 0.1) is 0 Å². The van der Waals surface area contributed by atoms with Crippen molar-refractivity contribution in [3.05, 3.63) is 36.2 Å². The van der Waals surface area contributed by atoms with E-state index in [1.165, 1.54) is 0 Å². The van der Waals surface area contributed by atoms with Crippen molar-refractivity contribution in [2.75, 3.05) is 25.1 Å². The molecule has 3 heterocycles. The third kappa shape index (κ3) is 2.81. The largest absolute Gasteiger partial charge is 0.481 e. The van der Waals surface area contributed by atoms with Gasteiger partial charge in [0.25, 0.3) is 5.91 Å². The molecule has 1 N–H and O–H groups in total. The van der Waals surface area contributed by atoms with Crippen LogP contribution in [-0.2, 0) is 7.05 Å². The van der Waals surface area contributed by atoms with Gasteiger partial charge >= 0.3 is 0 Å². The third-order valence-electron chi connectivity index (χ3n) is 3.40. The van der Waals surface area contributed by atoms with Crippen LogP contribution in [0.2, 0.25) is 0 Å². The number of amides is 1. The van der Waals surface area contributed by atoms with E-state index in [-0.39, 0.29) is 11.9 Å². The monoisotopic (exact) mass is 287 g/mol. The molecule has 7 heteroatoms. The number of pyridine rings is 1. The third-order valence-corrected chi connectivity index (χ3v) is 3.40. The lowest BCUT2D eigenvalue weighted by Crippen LogP contribution is -2.59. The molecular weight excluding hydrogens is 270 g/mol. The van der Waals surface area contributed by atoms with Gasteiger partial charge in [-0.25, -0.2) is 0 Å². The van der Waals surface area contributed by atoms with Crippen LogP contribution in [0.1, 0.15) is 10.5 Å². The highest BCUT2D eigenvalue weighted by molar-refractivity contribution is 5.92. The number of nitrogens with one attached hydrogen (secondary N) is 1. The van der Waals surface area contributed by atoms with Crippen molar-refractivity contribution in [1.29, 1.82) is 0 Å². The molecule has 7 nitrogen and oxygen atoms in total. The molecule has 1 saturated heterocycles. The Balaban J connectivity index is 1.54. The Hall–Kier alpha value is -2.57. The van der Waals surface area contributed by atoms with Crippen LogP contribution in [0.15, 0.2) is 30.5 Å². The molecule has 0 aliphatic carbocycles.